The van der Waals surface area contributed by atoms with Crippen LogP contribution in [0.25, 0.3) is 0 Å². The van der Waals surface area contributed by atoms with Gasteiger partial charge in [-0.25, -0.2) is 4.79 Å². The van der Waals surface area contributed by atoms with Crippen LogP contribution in [0, 0.1) is 17.8 Å². The normalized spacial score (nSPS) is 33.6. The molecule has 3 aliphatic rings. The maximum Gasteiger partial charge on any atom is 0.327 e. The molecule has 1 saturated heterocycles. The van der Waals surface area contributed by atoms with Gasteiger partial charge >= 0.3 is 6.03 Å². The van der Waals surface area contributed by atoms with Gasteiger partial charge in [0.2, 0.25) is 0 Å². The summed E-state index contributed by atoms with van der Waals surface area (Å²) in [5.41, 5.74) is -0.347. The Balaban J connectivity index is 1.59. The lowest BCUT2D eigenvalue weighted by molar-refractivity contribution is -0.135. The summed E-state index contributed by atoms with van der Waals surface area (Å²) in [5.74, 6) is 0.533. The average molecular weight is 338 g/mol. The van der Waals surface area contributed by atoms with Gasteiger partial charge in [-0.05, 0) is 37.5 Å². The quantitative estimate of drug-likeness (QED) is 0.482. The number of carbonyl (C=O) groups is 3. The van der Waals surface area contributed by atoms with Crippen molar-refractivity contribution in [1.82, 2.24) is 9.80 Å². The number of fused-ring (bicyclic) bond motifs is 2. The number of hydrogen-bond donors (Lipinski definition) is 0. The maximum absolute atomic E-state index is 13.2. The molecule has 5 nitrogen and oxygen atoms in total. The van der Waals surface area contributed by atoms with E-state index in [1.807, 2.05) is 13.0 Å². The predicted octanol–water partition coefficient (Wildman–Crippen LogP) is 2.73. The monoisotopic (exact) mass is 338 g/mol. The highest BCUT2D eigenvalue weighted by Crippen LogP contribution is 2.51. The van der Waals surface area contributed by atoms with Crippen molar-refractivity contribution in [3.05, 3.63) is 48.0 Å². The van der Waals surface area contributed by atoms with Crippen molar-refractivity contribution in [1.29, 1.82) is 0 Å². The van der Waals surface area contributed by atoms with Gasteiger partial charge in [0.25, 0.3) is 5.91 Å². The first-order chi connectivity index (χ1) is 11.9. The molecule has 4 rings (SSSR count). The fourth-order valence-corrected chi connectivity index (χ4v) is 4.72. The highest BCUT2D eigenvalue weighted by atomic mass is 16.2. The summed E-state index contributed by atoms with van der Waals surface area (Å²) >= 11 is 0. The third kappa shape index (κ3) is 2.25. The molecule has 5 heteroatoms. The number of amides is 3. The number of ketones is 1. The fourth-order valence-electron chi connectivity index (χ4n) is 4.72. The minimum Gasteiger partial charge on any atom is -0.313 e. The van der Waals surface area contributed by atoms with E-state index in [0.717, 1.165) is 17.7 Å². The number of carbonyl (C=O) groups excluding carboxylic acids is 3. The first-order valence-electron chi connectivity index (χ1n) is 8.79. The van der Waals surface area contributed by atoms with Crippen molar-refractivity contribution < 1.29 is 14.4 Å². The second-order valence-corrected chi connectivity index (χ2v) is 7.56. The number of allylic oxidation sites excluding steroid dienone is 2. The summed E-state index contributed by atoms with van der Waals surface area (Å²) in [6.07, 6.45) is 6.41. The average Bonchev–Trinajstić information content (AvgIpc) is 3.31. The molecular formula is C20H22N2O3. The smallest absolute Gasteiger partial charge is 0.313 e. The first-order valence-corrected chi connectivity index (χ1v) is 8.79. The minimum absolute atomic E-state index is 0.126. The Morgan fingerprint density at radius 2 is 1.88 bits per heavy atom. The molecule has 0 aromatic heterocycles. The van der Waals surface area contributed by atoms with Crippen LogP contribution in [0.5, 0.6) is 0 Å². The Kier molecular flexibility index (Phi) is 3.56. The molecule has 3 amide bonds. The molecule has 2 aliphatic carbocycles. The standard InChI is InChI=1S/C20H22N2O3/c1-20(16-11-13-8-9-15(16)10-13)18(24)22(19(25)21(20)2)12-17(23)14-6-4-3-5-7-14/h3-9,13,15-16H,10-12H2,1-2H3/t13-,15+,16?,20?/m1/s1. The van der Waals surface area contributed by atoms with Crippen LogP contribution in [0.3, 0.4) is 0 Å². The van der Waals surface area contributed by atoms with Gasteiger partial charge in [-0.15, -0.1) is 0 Å². The number of hydrogen-bond acceptors (Lipinski definition) is 3. The van der Waals surface area contributed by atoms with Crippen LogP contribution in [0.1, 0.15) is 30.1 Å². The van der Waals surface area contributed by atoms with E-state index in [0.29, 0.717) is 17.4 Å². The number of benzene rings is 1. The lowest BCUT2D eigenvalue weighted by Crippen LogP contribution is -2.52. The Labute approximate surface area is 147 Å². The molecule has 0 spiro atoms. The summed E-state index contributed by atoms with van der Waals surface area (Å²) < 4.78 is 0. The topological polar surface area (TPSA) is 57.7 Å². The third-order valence-electron chi connectivity index (χ3n) is 6.29. The van der Waals surface area contributed by atoms with Crippen LogP contribution < -0.4 is 0 Å². The van der Waals surface area contributed by atoms with Crippen molar-refractivity contribution in [3.63, 3.8) is 0 Å². The van der Waals surface area contributed by atoms with E-state index in [1.165, 1.54) is 0 Å². The number of Topliss-reactive ketones (excluding diaryl/α,β-unsaturated/α-hetero) is 1. The van der Waals surface area contributed by atoms with Crippen molar-refractivity contribution in [3.8, 4) is 0 Å². The zero-order valence-corrected chi connectivity index (χ0v) is 14.5. The predicted molar refractivity (Wildman–Crippen MR) is 92.9 cm³/mol. The minimum atomic E-state index is -0.863. The van der Waals surface area contributed by atoms with E-state index in [1.54, 1.807) is 36.2 Å². The molecule has 1 aromatic carbocycles. The van der Waals surface area contributed by atoms with Crippen LogP contribution in [-0.4, -0.2) is 46.7 Å². The van der Waals surface area contributed by atoms with E-state index < -0.39 is 5.54 Å². The molecule has 1 aromatic rings. The molecule has 1 aliphatic heterocycles. The largest absolute Gasteiger partial charge is 0.327 e. The van der Waals surface area contributed by atoms with Crippen LogP contribution in [-0.2, 0) is 4.79 Å². The summed E-state index contributed by atoms with van der Waals surface area (Å²) in [4.78, 5) is 41.0. The van der Waals surface area contributed by atoms with E-state index in [9.17, 15) is 14.4 Å². The zero-order valence-electron chi connectivity index (χ0n) is 14.5. The van der Waals surface area contributed by atoms with Crippen molar-refractivity contribution in [2.45, 2.75) is 25.3 Å². The molecule has 2 unspecified atom stereocenters. The van der Waals surface area contributed by atoms with Gasteiger partial charge in [-0.1, -0.05) is 42.5 Å². The van der Waals surface area contributed by atoms with Crippen LogP contribution in [0.2, 0.25) is 0 Å². The van der Waals surface area contributed by atoms with Gasteiger partial charge in [0, 0.05) is 12.6 Å². The summed E-state index contributed by atoms with van der Waals surface area (Å²) in [5, 5.41) is 0. The maximum atomic E-state index is 13.2. The molecule has 0 radical (unpaired) electrons. The van der Waals surface area contributed by atoms with Gasteiger partial charge in [0.15, 0.2) is 5.78 Å². The number of urea groups is 1. The molecule has 130 valence electrons. The summed E-state index contributed by atoms with van der Waals surface area (Å²) in [6.45, 7) is 1.66. The molecule has 4 atom stereocenters. The van der Waals surface area contributed by atoms with Gasteiger partial charge < -0.3 is 4.90 Å². The second kappa shape index (κ2) is 5.55. The first kappa shape index (κ1) is 16.1. The third-order valence-corrected chi connectivity index (χ3v) is 6.29. The second-order valence-electron chi connectivity index (χ2n) is 7.56. The van der Waals surface area contributed by atoms with E-state index in [2.05, 4.69) is 12.2 Å². The molecule has 1 heterocycles. The molecule has 2 fully saturated rings. The summed E-state index contributed by atoms with van der Waals surface area (Å²) in [6, 6.07) is 8.42. The Morgan fingerprint density at radius 1 is 1.16 bits per heavy atom. The van der Waals surface area contributed by atoms with Crippen molar-refractivity contribution in [2.24, 2.45) is 17.8 Å². The highest BCUT2D eigenvalue weighted by Gasteiger charge is 2.60. The summed E-state index contributed by atoms with van der Waals surface area (Å²) in [7, 11) is 1.68. The number of imide groups is 1. The van der Waals surface area contributed by atoms with Gasteiger partial charge in [0.05, 0.1) is 6.54 Å². The van der Waals surface area contributed by atoms with Crippen LogP contribution in [0.4, 0.5) is 4.79 Å². The number of rotatable bonds is 4. The number of likely N-dealkylation sites (N-methyl/N-ethyl adjacent to an activating group) is 1. The lowest BCUT2D eigenvalue weighted by atomic mass is 9.76. The van der Waals surface area contributed by atoms with Crippen molar-refractivity contribution >= 4 is 17.7 Å². The van der Waals surface area contributed by atoms with E-state index in [4.69, 9.17) is 0 Å². The molecular weight excluding hydrogens is 316 g/mol. The Bertz CT molecular complexity index is 772. The van der Waals surface area contributed by atoms with Crippen LogP contribution >= 0.6 is 0 Å². The van der Waals surface area contributed by atoms with Gasteiger partial charge in [0.1, 0.15) is 5.54 Å². The molecule has 1 saturated carbocycles. The van der Waals surface area contributed by atoms with Crippen molar-refractivity contribution in [2.75, 3.05) is 13.6 Å². The number of nitrogens with zero attached hydrogens (tertiary/aromatic N) is 2. The molecule has 2 bridgehead atoms. The van der Waals surface area contributed by atoms with E-state index >= 15 is 0 Å². The molecule has 25 heavy (non-hydrogen) atoms. The van der Waals surface area contributed by atoms with E-state index in [-0.39, 0.29) is 30.2 Å². The SMILES string of the molecule is CN1C(=O)N(CC(=O)c2ccccc2)C(=O)C1(C)C1C[C@@H]2C=C[C@H]1C2. The van der Waals surface area contributed by atoms with Crippen LogP contribution in [0.15, 0.2) is 42.5 Å². The zero-order chi connectivity index (χ0) is 17.8. The Morgan fingerprint density at radius 3 is 2.48 bits per heavy atom. The highest BCUT2D eigenvalue weighted by molar-refractivity contribution is 6.11. The fraction of sp³-hybridized carbons (Fsp3) is 0.450. The van der Waals surface area contributed by atoms with Gasteiger partial charge in [-0.2, -0.15) is 0 Å². The lowest BCUT2D eigenvalue weighted by Gasteiger charge is -2.37. The van der Waals surface area contributed by atoms with Gasteiger partial charge in [-0.3, -0.25) is 14.5 Å². The Hall–Kier alpha value is -2.43. The molecule has 0 N–H and O–H groups in total.